The highest BCUT2D eigenvalue weighted by Gasteiger charge is 2.29. The molecule has 7 nitrogen and oxygen atoms in total. The molecule has 4 N–H and O–H groups in total. The Bertz CT molecular complexity index is 1350. The maximum absolute atomic E-state index is 12.9. The second-order valence-electron chi connectivity index (χ2n) is 9.09. The molecule has 1 atom stereocenters. The number of ketones is 1. The van der Waals surface area contributed by atoms with E-state index in [9.17, 15) is 19.5 Å². The van der Waals surface area contributed by atoms with Crippen molar-refractivity contribution in [3.63, 3.8) is 0 Å². The summed E-state index contributed by atoms with van der Waals surface area (Å²) in [5, 5.41) is 15.6. The van der Waals surface area contributed by atoms with Crippen molar-refractivity contribution in [2.24, 2.45) is 0 Å². The number of hydrogen-bond donors (Lipinski definition) is 4. The summed E-state index contributed by atoms with van der Waals surface area (Å²) in [6.45, 7) is 2.08. The molecule has 0 radical (unpaired) electrons. The van der Waals surface area contributed by atoms with Gasteiger partial charge in [-0.2, -0.15) is 0 Å². The van der Waals surface area contributed by atoms with E-state index in [1.54, 1.807) is 6.08 Å². The SMILES string of the molecule is CC(Nc1ccc2c(c1)/C(=C/c1[nH]c3c(c1CCC(=O)O)C(=O)CCC3)C(=O)N2)c1ccccc1. The molecular weight excluding hydrogens is 442 g/mol. The highest BCUT2D eigenvalue weighted by molar-refractivity contribution is 6.35. The number of carbonyl (C=O) groups is 3. The van der Waals surface area contributed by atoms with Crippen molar-refractivity contribution in [3.8, 4) is 0 Å². The molecule has 0 spiro atoms. The Morgan fingerprint density at radius 1 is 1.14 bits per heavy atom. The molecule has 1 aromatic heterocycles. The molecule has 2 heterocycles. The summed E-state index contributed by atoms with van der Waals surface area (Å²) in [6, 6.07) is 16.0. The summed E-state index contributed by atoms with van der Waals surface area (Å²) in [6.07, 6.45) is 3.86. The van der Waals surface area contributed by atoms with Crippen molar-refractivity contribution in [1.82, 2.24) is 4.98 Å². The number of carboxylic acids is 1. The van der Waals surface area contributed by atoms with Gasteiger partial charge in [-0.1, -0.05) is 30.3 Å². The fraction of sp³-hybridized carbons (Fsp3) is 0.250. The number of Topliss-reactive ketones (excluding diaryl/α,β-unsaturated/α-hetero) is 1. The van der Waals surface area contributed by atoms with Gasteiger partial charge in [-0.25, -0.2) is 0 Å². The monoisotopic (exact) mass is 469 g/mol. The van der Waals surface area contributed by atoms with Crippen LogP contribution in [-0.2, 0) is 22.4 Å². The van der Waals surface area contributed by atoms with Gasteiger partial charge in [-0.3, -0.25) is 14.4 Å². The number of benzene rings is 2. The minimum absolute atomic E-state index is 0.0326. The van der Waals surface area contributed by atoms with Gasteiger partial charge in [0.05, 0.1) is 5.57 Å². The van der Waals surface area contributed by atoms with Crippen molar-refractivity contribution in [3.05, 3.63) is 82.2 Å². The molecule has 0 fully saturated rings. The zero-order valence-corrected chi connectivity index (χ0v) is 19.5. The fourth-order valence-corrected chi connectivity index (χ4v) is 4.95. The Hall–Kier alpha value is -4.13. The second-order valence-corrected chi connectivity index (χ2v) is 9.09. The summed E-state index contributed by atoms with van der Waals surface area (Å²) >= 11 is 0. The molecule has 5 rings (SSSR count). The molecular formula is C28H27N3O4. The van der Waals surface area contributed by atoms with Gasteiger partial charge >= 0.3 is 5.97 Å². The third-order valence-electron chi connectivity index (χ3n) is 6.69. The molecule has 35 heavy (non-hydrogen) atoms. The zero-order valence-electron chi connectivity index (χ0n) is 19.5. The molecule has 1 aliphatic carbocycles. The number of nitrogens with one attached hydrogen (secondary N) is 3. The van der Waals surface area contributed by atoms with Crippen LogP contribution in [0.4, 0.5) is 11.4 Å². The number of aromatic amines is 1. The Morgan fingerprint density at radius 3 is 2.71 bits per heavy atom. The Kier molecular flexibility index (Phi) is 5.99. The van der Waals surface area contributed by atoms with Crippen LogP contribution < -0.4 is 10.6 Å². The summed E-state index contributed by atoms with van der Waals surface area (Å²) in [7, 11) is 0. The lowest BCUT2D eigenvalue weighted by molar-refractivity contribution is -0.137. The van der Waals surface area contributed by atoms with Gasteiger partial charge < -0.3 is 20.7 Å². The minimum atomic E-state index is -0.922. The first-order valence-electron chi connectivity index (χ1n) is 11.9. The molecule has 178 valence electrons. The first-order valence-corrected chi connectivity index (χ1v) is 11.9. The molecule has 2 aliphatic rings. The number of aliphatic carboxylic acids is 1. The van der Waals surface area contributed by atoms with Crippen LogP contribution >= 0.6 is 0 Å². The first kappa shape index (κ1) is 22.7. The highest BCUT2D eigenvalue weighted by Crippen LogP contribution is 2.37. The number of H-pyrrole nitrogens is 1. The number of fused-ring (bicyclic) bond motifs is 2. The minimum Gasteiger partial charge on any atom is -0.481 e. The van der Waals surface area contributed by atoms with E-state index < -0.39 is 5.97 Å². The van der Waals surface area contributed by atoms with E-state index in [0.29, 0.717) is 28.8 Å². The van der Waals surface area contributed by atoms with Gasteiger partial charge in [0.25, 0.3) is 5.91 Å². The Labute approximate surface area is 203 Å². The van der Waals surface area contributed by atoms with Gasteiger partial charge in [0.2, 0.25) is 0 Å². The maximum Gasteiger partial charge on any atom is 0.303 e. The molecule has 0 saturated heterocycles. The van der Waals surface area contributed by atoms with E-state index >= 15 is 0 Å². The van der Waals surface area contributed by atoms with Crippen LogP contribution in [0.25, 0.3) is 11.6 Å². The van der Waals surface area contributed by atoms with E-state index in [0.717, 1.165) is 41.0 Å². The number of anilines is 2. The predicted octanol–water partition coefficient (Wildman–Crippen LogP) is 5.22. The van der Waals surface area contributed by atoms with Gasteiger partial charge in [0.15, 0.2) is 5.78 Å². The number of carboxylic acid groups (broad SMARTS) is 1. The summed E-state index contributed by atoms with van der Waals surface area (Å²) in [5.74, 6) is -1.12. The standard InChI is InChI=1S/C28H27N3O4/c1-16(17-6-3-2-4-7-17)29-18-10-12-22-20(14-18)21(28(35)31-22)15-24-19(11-13-26(33)34)27-23(30-24)8-5-9-25(27)32/h2-4,6-7,10,12,14-16,29-30H,5,8-9,11,13H2,1H3,(H,31,35)(H,33,34)/b21-15-. The number of aryl methyl sites for hydroxylation is 1. The quantitative estimate of drug-likeness (QED) is 0.355. The molecule has 0 saturated carbocycles. The van der Waals surface area contributed by atoms with E-state index in [4.69, 9.17) is 0 Å². The average Bonchev–Trinajstić information content (AvgIpc) is 3.36. The topological polar surface area (TPSA) is 111 Å². The molecule has 7 heteroatoms. The van der Waals surface area contributed by atoms with E-state index in [-0.39, 0.29) is 30.6 Å². The second kappa shape index (κ2) is 9.25. The molecule has 0 bridgehead atoms. The number of hydrogen-bond acceptors (Lipinski definition) is 4. The summed E-state index contributed by atoms with van der Waals surface area (Å²) in [5.41, 5.74) is 6.78. The van der Waals surface area contributed by atoms with E-state index in [2.05, 4.69) is 34.7 Å². The molecule has 2 aromatic carbocycles. The third-order valence-corrected chi connectivity index (χ3v) is 6.69. The first-order chi connectivity index (χ1) is 16.9. The molecule has 1 unspecified atom stereocenters. The van der Waals surface area contributed by atoms with Gasteiger partial charge in [-0.15, -0.1) is 0 Å². The predicted molar refractivity (Wildman–Crippen MR) is 135 cm³/mol. The highest BCUT2D eigenvalue weighted by atomic mass is 16.4. The normalized spacial score (nSPS) is 16.5. The van der Waals surface area contributed by atoms with Crippen LogP contribution in [0.5, 0.6) is 0 Å². The Balaban J connectivity index is 1.51. The molecule has 1 amide bonds. The van der Waals surface area contributed by atoms with Crippen molar-refractivity contribution in [2.45, 2.75) is 45.1 Å². The third kappa shape index (κ3) is 4.49. The van der Waals surface area contributed by atoms with E-state index in [1.165, 1.54) is 0 Å². The van der Waals surface area contributed by atoms with Crippen LogP contribution in [0.15, 0.2) is 48.5 Å². The van der Waals surface area contributed by atoms with Crippen molar-refractivity contribution in [1.29, 1.82) is 0 Å². The van der Waals surface area contributed by atoms with Crippen LogP contribution in [0.3, 0.4) is 0 Å². The van der Waals surface area contributed by atoms with Gasteiger partial charge in [0, 0.05) is 52.8 Å². The number of aromatic nitrogens is 1. The van der Waals surface area contributed by atoms with Crippen molar-refractivity contribution >= 4 is 40.7 Å². The largest absolute Gasteiger partial charge is 0.481 e. The zero-order chi connectivity index (χ0) is 24.5. The summed E-state index contributed by atoms with van der Waals surface area (Å²) in [4.78, 5) is 40.1. The van der Waals surface area contributed by atoms with Crippen molar-refractivity contribution in [2.75, 3.05) is 10.6 Å². The number of rotatable bonds is 7. The summed E-state index contributed by atoms with van der Waals surface area (Å²) < 4.78 is 0. The van der Waals surface area contributed by atoms with Crippen LogP contribution in [0, 0.1) is 0 Å². The van der Waals surface area contributed by atoms with Crippen molar-refractivity contribution < 1.29 is 19.5 Å². The van der Waals surface area contributed by atoms with Crippen LogP contribution in [0.2, 0.25) is 0 Å². The molecule has 1 aliphatic heterocycles. The smallest absolute Gasteiger partial charge is 0.303 e. The number of amides is 1. The van der Waals surface area contributed by atoms with Gasteiger partial charge in [-0.05, 0) is 61.6 Å². The average molecular weight is 470 g/mol. The lowest BCUT2D eigenvalue weighted by Gasteiger charge is -2.16. The van der Waals surface area contributed by atoms with Gasteiger partial charge in [0.1, 0.15) is 0 Å². The Morgan fingerprint density at radius 2 is 1.94 bits per heavy atom. The lowest BCUT2D eigenvalue weighted by atomic mass is 9.91. The lowest BCUT2D eigenvalue weighted by Crippen LogP contribution is -2.11. The van der Waals surface area contributed by atoms with E-state index in [1.807, 2.05) is 36.4 Å². The molecule has 3 aromatic rings. The maximum atomic E-state index is 12.9. The number of carbonyl (C=O) groups excluding carboxylic acids is 2. The van der Waals surface area contributed by atoms with Crippen LogP contribution in [0.1, 0.15) is 70.7 Å². The fourth-order valence-electron chi connectivity index (χ4n) is 4.95. The van der Waals surface area contributed by atoms with Crippen LogP contribution in [-0.4, -0.2) is 27.8 Å².